The summed E-state index contributed by atoms with van der Waals surface area (Å²) in [6.45, 7) is 13.9. The zero-order valence-corrected chi connectivity index (χ0v) is 27.8. The first-order chi connectivity index (χ1) is 23.6. The van der Waals surface area contributed by atoms with Crippen LogP contribution in [0, 0.1) is 24.0 Å². The molecule has 4 aliphatic rings. The molecule has 8 rings (SSSR count). The lowest BCUT2D eigenvalue weighted by Crippen LogP contribution is -2.59. The van der Waals surface area contributed by atoms with Gasteiger partial charge in [0.1, 0.15) is 41.0 Å². The second-order valence-electron chi connectivity index (χ2n) is 14.2. The van der Waals surface area contributed by atoms with Crippen molar-refractivity contribution >= 4 is 33.3 Å². The van der Waals surface area contributed by atoms with E-state index < -0.39 is 11.6 Å². The monoisotopic (exact) mass is 663 g/mol. The molecule has 4 aliphatic heterocycles. The van der Waals surface area contributed by atoms with Crippen LogP contribution in [0.5, 0.6) is 11.8 Å². The fourth-order valence-electron chi connectivity index (χ4n) is 8.73. The van der Waals surface area contributed by atoms with Crippen molar-refractivity contribution in [2.24, 2.45) is 0 Å². The number of hydrogen-bond donors (Lipinski definition) is 3. The quantitative estimate of drug-likeness (QED) is 0.165. The summed E-state index contributed by atoms with van der Waals surface area (Å²) in [7, 11) is 1.70. The molecule has 49 heavy (non-hydrogen) atoms. The first kappa shape index (κ1) is 31.5. The van der Waals surface area contributed by atoms with E-state index in [4.69, 9.17) is 26.1 Å². The Morgan fingerprint density at radius 1 is 1.14 bits per heavy atom. The Hall–Kier alpha value is -4.79. The molecule has 0 radical (unpaired) electrons. The zero-order valence-electron chi connectivity index (χ0n) is 27.8. The molecule has 2 aromatic heterocycles. The van der Waals surface area contributed by atoms with Crippen LogP contribution in [0.3, 0.4) is 0 Å². The Bertz CT molecular complexity index is 2110. The predicted octanol–water partition coefficient (Wildman–Crippen LogP) is 5.91. The maximum absolute atomic E-state index is 17.2. The van der Waals surface area contributed by atoms with E-state index in [0.29, 0.717) is 42.1 Å². The van der Waals surface area contributed by atoms with E-state index in [9.17, 15) is 5.11 Å². The highest BCUT2D eigenvalue weighted by molar-refractivity contribution is 6.05. The lowest BCUT2D eigenvalue weighted by molar-refractivity contribution is 0.108. The van der Waals surface area contributed by atoms with Gasteiger partial charge in [-0.1, -0.05) is 43.2 Å². The van der Waals surface area contributed by atoms with Crippen molar-refractivity contribution in [3.05, 3.63) is 65.8 Å². The number of ether oxygens (including phenoxy) is 1. The van der Waals surface area contributed by atoms with Crippen molar-refractivity contribution in [3.63, 3.8) is 0 Å². The number of benzene rings is 2. The van der Waals surface area contributed by atoms with Crippen LogP contribution in [0.4, 0.5) is 20.4 Å². The van der Waals surface area contributed by atoms with Crippen LogP contribution in [0.1, 0.15) is 44.6 Å². The number of phenols is 1. The normalized spacial score (nSPS) is 23.0. The van der Waals surface area contributed by atoms with E-state index in [0.717, 1.165) is 56.3 Å². The first-order valence-electron chi connectivity index (χ1n) is 16.8. The third-order valence-electron chi connectivity index (χ3n) is 11.0. The summed E-state index contributed by atoms with van der Waals surface area (Å²) in [6.07, 6.45) is 10.3. The van der Waals surface area contributed by atoms with Gasteiger partial charge in [0.2, 0.25) is 0 Å². The number of nitrogens with one attached hydrogen (secondary N) is 2. The highest BCUT2D eigenvalue weighted by Gasteiger charge is 2.48. The molecule has 0 aliphatic carbocycles. The molecule has 0 spiro atoms. The van der Waals surface area contributed by atoms with E-state index in [2.05, 4.69) is 46.4 Å². The summed E-state index contributed by atoms with van der Waals surface area (Å²) in [5, 5.41) is 18.8. The summed E-state index contributed by atoms with van der Waals surface area (Å²) < 4.78 is 38.7. The minimum atomic E-state index is -0.756. The van der Waals surface area contributed by atoms with Gasteiger partial charge in [-0.3, -0.25) is 4.90 Å². The number of aromatic nitrogens is 3. The van der Waals surface area contributed by atoms with Gasteiger partial charge in [-0.05, 0) is 55.7 Å². The van der Waals surface area contributed by atoms with E-state index in [1.807, 2.05) is 0 Å². The third kappa shape index (κ3) is 4.99. The van der Waals surface area contributed by atoms with Crippen molar-refractivity contribution in [3.8, 4) is 35.4 Å². The molecule has 0 saturated carbocycles. The second kappa shape index (κ2) is 11.4. The number of phenolic OH excluding ortho intramolecular Hbond substituents is 1. The van der Waals surface area contributed by atoms with Crippen molar-refractivity contribution < 1.29 is 18.6 Å². The highest BCUT2D eigenvalue weighted by atomic mass is 19.1. The number of anilines is 2. The standard InChI is InChI=1S/C38H39F2N7O2/c1-6-26-28(39)9-8-23-12-25(48)13-27(29(23)26)32-31(40)33-30(34(41-5)42-32)35(46-18-24-10-11-37(7-2,19-46)45-24)44-36(43-33)49-20-38-14-21(3)16-47(38)17-22(4)15-38/h1,8-9,12-13,24,45,48H,3-4,7,10-11,14-20H2,2,5H3,(H,41,42). The number of terminal acetylenes is 1. The average molecular weight is 664 g/mol. The van der Waals surface area contributed by atoms with Crippen LogP contribution in [0.15, 0.2) is 48.6 Å². The van der Waals surface area contributed by atoms with Crippen molar-refractivity contribution in [2.75, 3.05) is 50.1 Å². The molecule has 4 fully saturated rings. The number of rotatable bonds is 7. The summed E-state index contributed by atoms with van der Waals surface area (Å²) >= 11 is 0. The van der Waals surface area contributed by atoms with Gasteiger partial charge in [0.15, 0.2) is 5.82 Å². The van der Waals surface area contributed by atoms with Gasteiger partial charge in [0, 0.05) is 55.8 Å². The Balaban J connectivity index is 1.33. The SMILES string of the molecule is C#Cc1c(F)ccc2cc(O)cc(-c3nc(NC)c4c(N5CC6CCC(CC)(C5)N6)nc(OCC56CC(=C)CN5CC(=C)C6)nc4c3F)c12. The molecule has 11 heteroatoms. The van der Waals surface area contributed by atoms with E-state index >= 15 is 8.78 Å². The highest BCUT2D eigenvalue weighted by Crippen LogP contribution is 2.45. The largest absolute Gasteiger partial charge is 0.508 e. The Morgan fingerprint density at radius 2 is 1.92 bits per heavy atom. The molecule has 2 atom stereocenters. The Kier molecular flexibility index (Phi) is 7.32. The molecule has 6 heterocycles. The zero-order chi connectivity index (χ0) is 34.2. The van der Waals surface area contributed by atoms with Gasteiger partial charge in [-0.25, -0.2) is 13.8 Å². The molecule has 4 aromatic rings. The number of nitrogens with zero attached hydrogens (tertiary/aromatic N) is 5. The molecule has 2 aromatic carbocycles. The number of aromatic hydroxyl groups is 1. The molecule has 252 valence electrons. The van der Waals surface area contributed by atoms with Gasteiger partial charge < -0.3 is 25.4 Å². The maximum Gasteiger partial charge on any atom is 0.319 e. The summed E-state index contributed by atoms with van der Waals surface area (Å²) in [6, 6.07) is 5.86. The smallest absolute Gasteiger partial charge is 0.319 e. The van der Waals surface area contributed by atoms with Crippen LogP contribution in [-0.4, -0.2) is 81.9 Å². The van der Waals surface area contributed by atoms with Crippen LogP contribution in [0.25, 0.3) is 32.9 Å². The Labute approximate surface area is 284 Å². The Morgan fingerprint density at radius 3 is 2.63 bits per heavy atom. The van der Waals surface area contributed by atoms with Crippen molar-refractivity contribution in [2.45, 2.75) is 56.1 Å². The molecular weight excluding hydrogens is 624 g/mol. The lowest BCUT2D eigenvalue weighted by Gasteiger charge is -2.42. The summed E-state index contributed by atoms with van der Waals surface area (Å²) in [4.78, 5) is 19.0. The number of halogens is 2. The number of fused-ring (bicyclic) bond motifs is 5. The number of hydrogen-bond acceptors (Lipinski definition) is 9. The van der Waals surface area contributed by atoms with Gasteiger partial charge in [0.05, 0.1) is 16.5 Å². The number of pyridine rings is 1. The van der Waals surface area contributed by atoms with Gasteiger partial charge in [-0.15, -0.1) is 6.42 Å². The van der Waals surface area contributed by atoms with Crippen molar-refractivity contribution in [1.82, 2.24) is 25.2 Å². The minimum absolute atomic E-state index is 0.00181. The fraction of sp³-hybridized carbons (Fsp3) is 0.395. The van der Waals surface area contributed by atoms with Crippen LogP contribution < -0.4 is 20.3 Å². The van der Waals surface area contributed by atoms with Crippen molar-refractivity contribution in [1.29, 1.82) is 0 Å². The first-order valence-corrected chi connectivity index (χ1v) is 16.8. The average Bonchev–Trinajstić information content (AvgIpc) is 3.68. The van der Waals surface area contributed by atoms with Crippen LogP contribution in [-0.2, 0) is 0 Å². The molecule has 0 amide bonds. The summed E-state index contributed by atoms with van der Waals surface area (Å²) in [5.74, 6) is 1.75. The van der Waals surface area contributed by atoms with Gasteiger partial charge >= 0.3 is 6.01 Å². The molecule has 4 saturated heterocycles. The predicted molar refractivity (Wildman–Crippen MR) is 188 cm³/mol. The second-order valence-corrected chi connectivity index (χ2v) is 14.2. The molecule has 9 nitrogen and oxygen atoms in total. The van der Waals surface area contributed by atoms with Gasteiger partial charge in [-0.2, -0.15) is 9.97 Å². The lowest BCUT2D eigenvalue weighted by atomic mass is 9.92. The topological polar surface area (TPSA) is 98.7 Å². The maximum atomic E-state index is 17.2. The third-order valence-corrected chi connectivity index (χ3v) is 11.0. The molecule has 2 bridgehead atoms. The molecule has 3 N–H and O–H groups in total. The minimum Gasteiger partial charge on any atom is -0.508 e. The van der Waals surface area contributed by atoms with E-state index in [-0.39, 0.29) is 56.6 Å². The van der Waals surface area contributed by atoms with Crippen LogP contribution >= 0.6 is 0 Å². The molecule has 2 unspecified atom stereocenters. The molecular formula is C38H39F2N7O2. The number of piperazine rings is 1. The fourth-order valence-corrected chi connectivity index (χ4v) is 8.73. The van der Waals surface area contributed by atoms with Crippen LogP contribution in [0.2, 0.25) is 0 Å². The summed E-state index contributed by atoms with van der Waals surface area (Å²) in [5.41, 5.74) is 1.85. The van der Waals surface area contributed by atoms with E-state index in [1.54, 1.807) is 7.05 Å². The van der Waals surface area contributed by atoms with E-state index in [1.165, 1.54) is 24.3 Å². The van der Waals surface area contributed by atoms with Gasteiger partial charge in [0.25, 0.3) is 0 Å².